The minimum absolute atomic E-state index is 0.230. The Balaban J connectivity index is 1.64. The quantitative estimate of drug-likeness (QED) is 0.462. The van der Waals surface area contributed by atoms with Crippen molar-refractivity contribution in [2.24, 2.45) is 0 Å². The molecule has 0 aliphatic carbocycles. The standard InChI is InChI=1S/C19H34N8O2/c1-3-4-6-21-18-23-16(20)15-17(24-18)27(19(22-15)29-2)8-5-7-25-9-11-26(12-10-25)13-14-28/h28H,3-14H2,1-2H3,(H3,20,21,23,24). The number of β-amino-alcohol motifs (C(OH)–C–C–N with tert-alkyl or cyclic N) is 1. The molecule has 1 saturated heterocycles. The molecule has 3 rings (SSSR count). The number of nitrogens with one attached hydrogen (secondary N) is 1. The molecule has 2 aromatic rings. The average Bonchev–Trinajstić information content (AvgIpc) is 3.08. The van der Waals surface area contributed by atoms with Gasteiger partial charge in [-0.1, -0.05) is 13.3 Å². The number of fused-ring (bicyclic) bond motifs is 1. The van der Waals surface area contributed by atoms with Gasteiger partial charge in [-0.2, -0.15) is 15.0 Å². The van der Waals surface area contributed by atoms with E-state index in [-0.39, 0.29) is 6.61 Å². The van der Waals surface area contributed by atoms with Crippen LogP contribution in [0.15, 0.2) is 0 Å². The van der Waals surface area contributed by atoms with Gasteiger partial charge in [0.05, 0.1) is 13.7 Å². The van der Waals surface area contributed by atoms with Crippen molar-refractivity contribution >= 4 is 22.9 Å². The summed E-state index contributed by atoms with van der Waals surface area (Å²) in [6, 6.07) is 0.513. The summed E-state index contributed by atoms with van der Waals surface area (Å²) in [5.41, 5.74) is 7.42. The second-order valence-corrected chi connectivity index (χ2v) is 7.40. The molecular weight excluding hydrogens is 372 g/mol. The molecule has 2 aromatic heterocycles. The maximum Gasteiger partial charge on any atom is 0.298 e. The van der Waals surface area contributed by atoms with Crippen LogP contribution in [0.5, 0.6) is 6.01 Å². The van der Waals surface area contributed by atoms with Crippen molar-refractivity contribution in [3.63, 3.8) is 0 Å². The van der Waals surface area contributed by atoms with E-state index in [1.807, 2.05) is 4.57 Å². The number of methoxy groups -OCH3 is 1. The number of anilines is 2. The lowest BCUT2D eigenvalue weighted by Gasteiger charge is -2.34. The third-order valence-corrected chi connectivity index (χ3v) is 5.32. The molecule has 10 heteroatoms. The van der Waals surface area contributed by atoms with Crippen LogP contribution in [0.4, 0.5) is 11.8 Å². The molecule has 0 radical (unpaired) electrons. The van der Waals surface area contributed by atoms with Gasteiger partial charge in [0.2, 0.25) is 5.95 Å². The van der Waals surface area contributed by atoms with Gasteiger partial charge in [-0.25, -0.2) is 0 Å². The number of aryl methyl sites for hydroxylation is 1. The first-order valence-corrected chi connectivity index (χ1v) is 10.5. The Labute approximate surface area is 172 Å². The number of hydrogen-bond donors (Lipinski definition) is 3. The second kappa shape index (κ2) is 10.6. The molecule has 0 spiro atoms. The fourth-order valence-electron chi connectivity index (χ4n) is 3.65. The maximum absolute atomic E-state index is 9.07. The third-order valence-electron chi connectivity index (χ3n) is 5.32. The molecule has 4 N–H and O–H groups in total. The maximum atomic E-state index is 9.07. The highest BCUT2D eigenvalue weighted by Gasteiger charge is 2.19. The molecule has 0 atom stereocenters. The Morgan fingerprint density at radius 2 is 1.76 bits per heavy atom. The number of hydrogen-bond acceptors (Lipinski definition) is 9. The van der Waals surface area contributed by atoms with E-state index in [2.05, 4.69) is 37.0 Å². The normalized spacial score (nSPS) is 15.8. The summed E-state index contributed by atoms with van der Waals surface area (Å²) >= 11 is 0. The van der Waals surface area contributed by atoms with Crippen molar-refractivity contribution in [2.45, 2.75) is 32.7 Å². The van der Waals surface area contributed by atoms with E-state index >= 15 is 0 Å². The van der Waals surface area contributed by atoms with Crippen molar-refractivity contribution in [2.75, 3.05) is 70.6 Å². The van der Waals surface area contributed by atoms with Gasteiger partial charge in [-0.05, 0) is 19.4 Å². The Kier molecular flexibility index (Phi) is 7.84. The first-order chi connectivity index (χ1) is 14.2. The number of aromatic nitrogens is 4. The molecule has 0 amide bonds. The smallest absolute Gasteiger partial charge is 0.298 e. The zero-order valence-electron chi connectivity index (χ0n) is 17.6. The summed E-state index contributed by atoms with van der Waals surface area (Å²) in [6.45, 7) is 9.78. The summed E-state index contributed by atoms with van der Waals surface area (Å²) in [7, 11) is 1.61. The van der Waals surface area contributed by atoms with Gasteiger partial charge in [0.25, 0.3) is 6.01 Å². The van der Waals surface area contributed by atoms with Gasteiger partial charge in [-0.3, -0.25) is 9.47 Å². The molecule has 3 heterocycles. The van der Waals surface area contributed by atoms with E-state index in [4.69, 9.17) is 15.6 Å². The van der Waals surface area contributed by atoms with Gasteiger partial charge in [0.1, 0.15) is 0 Å². The van der Waals surface area contributed by atoms with Crippen molar-refractivity contribution in [1.29, 1.82) is 0 Å². The van der Waals surface area contributed by atoms with Gasteiger partial charge in [0.15, 0.2) is 17.0 Å². The zero-order valence-corrected chi connectivity index (χ0v) is 17.6. The van der Waals surface area contributed by atoms with Crippen LogP contribution < -0.4 is 15.8 Å². The van der Waals surface area contributed by atoms with Crippen LogP contribution in [0.2, 0.25) is 0 Å². The molecule has 162 valence electrons. The van der Waals surface area contributed by atoms with Gasteiger partial charge in [-0.15, -0.1) is 0 Å². The van der Waals surface area contributed by atoms with Crippen LogP contribution >= 0.6 is 0 Å². The molecule has 1 fully saturated rings. The Bertz CT molecular complexity index is 773. The number of piperazine rings is 1. The summed E-state index contributed by atoms with van der Waals surface area (Å²) in [5.74, 6) is 0.901. The molecule has 0 saturated carbocycles. The molecule has 0 bridgehead atoms. The number of imidazole rings is 1. The third kappa shape index (κ3) is 5.46. The molecule has 0 aromatic carbocycles. The number of aliphatic hydroxyl groups excluding tert-OH is 1. The number of ether oxygens (including phenoxy) is 1. The van der Waals surface area contributed by atoms with Crippen LogP contribution in [-0.2, 0) is 6.54 Å². The van der Waals surface area contributed by atoms with Crippen molar-refractivity contribution in [3.05, 3.63) is 0 Å². The number of aliphatic hydroxyl groups is 1. The van der Waals surface area contributed by atoms with Gasteiger partial charge >= 0.3 is 0 Å². The Hall–Kier alpha value is -2.17. The van der Waals surface area contributed by atoms with Gasteiger partial charge < -0.3 is 25.8 Å². The molecule has 1 aliphatic heterocycles. The molecule has 29 heavy (non-hydrogen) atoms. The fourth-order valence-corrected chi connectivity index (χ4v) is 3.65. The summed E-state index contributed by atoms with van der Waals surface area (Å²) in [4.78, 5) is 18.2. The fraction of sp³-hybridized carbons (Fsp3) is 0.737. The molecule has 10 nitrogen and oxygen atoms in total. The van der Waals surface area contributed by atoms with E-state index in [0.29, 0.717) is 28.9 Å². The number of nitrogen functional groups attached to an aromatic ring is 1. The van der Waals surface area contributed by atoms with Crippen molar-refractivity contribution in [3.8, 4) is 6.01 Å². The van der Waals surface area contributed by atoms with Crippen molar-refractivity contribution < 1.29 is 9.84 Å². The number of unbranched alkanes of at least 4 members (excludes halogenated alkanes) is 1. The van der Waals surface area contributed by atoms with E-state index in [9.17, 15) is 0 Å². The van der Waals surface area contributed by atoms with Crippen molar-refractivity contribution in [1.82, 2.24) is 29.3 Å². The second-order valence-electron chi connectivity index (χ2n) is 7.40. The largest absolute Gasteiger partial charge is 0.468 e. The van der Waals surface area contributed by atoms with Crippen LogP contribution in [-0.4, -0.2) is 94.0 Å². The highest BCUT2D eigenvalue weighted by atomic mass is 16.5. The SMILES string of the molecule is CCCCNc1nc(N)c2nc(OC)n(CCCN3CCN(CCO)CC3)c2n1. The van der Waals surface area contributed by atoms with Crippen LogP contribution in [0.25, 0.3) is 11.2 Å². The number of nitrogens with zero attached hydrogens (tertiary/aromatic N) is 6. The topological polar surface area (TPSA) is 118 Å². The van der Waals surface area contributed by atoms with E-state index in [0.717, 1.165) is 71.6 Å². The highest BCUT2D eigenvalue weighted by Crippen LogP contribution is 2.25. The zero-order chi connectivity index (χ0) is 20.6. The monoisotopic (exact) mass is 406 g/mol. The Morgan fingerprint density at radius 1 is 1.03 bits per heavy atom. The van der Waals surface area contributed by atoms with Gasteiger partial charge in [0, 0.05) is 45.8 Å². The first-order valence-electron chi connectivity index (χ1n) is 10.5. The Morgan fingerprint density at radius 3 is 2.41 bits per heavy atom. The van der Waals surface area contributed by atoms with E-state index in [1.165, 1.54) is 0 Å². The summed E-state index contributed by atoms with van der Waals surface area (Å²) in [6.07, 6.45) is 3.12. The van der Waals surface area contributed by atoms with Crippen LogP contribution in [0.1, 0.15) is 26.2 Å². The number of rotatable bonds is 11. The summed E-state index contributed by atoms with van der Waals surface area (Å²) < 4.78 is 7.46. The molecule has 1 aliphatic rings. The lowest BCUT2D eigenvalue weighted by atomic mass is 10.3. The van der Waals surface area contributed by atoms with E-state index < -0.39 is 0 Å². The molecule has 0 unspecified atom stereocenters. The minimum atomic E-state index is 0.230. The summed E-state index contributed by atoms with van der Waals surface area (Å²) in [5, 5.41) is 12.3. The lowest BCUT2D eigenvalue weighted by Crippen LogP contribution is -2.47. The predicted molar refractivity (Wildman–Crippen MR) is 114 cm³/mol. The molecular formula is C19H34N8O2. The minimum Gasteiger partial charge on any atom is -0.468 e. The van der Waals surface area contributed by atoms with E-state index in [1.54, 1.807) is 7.11 Å². The average molecular weight is 407 g/mol. The highest BCUT2D eigenvalue weighted by molar-refractivity contribution is 5.84. The first kappa shape index (κ1) is 21.5. The van der Waals surface area contributed by atoms with Crippen LogP contribution in [0.3, 0.4) is 0 Å². The number of nitrogens with two attached hydrogens (primary N) is 1. The lowest BCUT2D eigenvalue weighted by molar-refractivity contribution is 0.111. The van der Waals surface area contributed by atoms with Crippen LogP contribution in [0, 0.1) is 0 Å². The predicted octanol–water partition coefficient (Wildman–Crippen LogP) is 0.629.